The molecule has 0 aromatic rings. The summed E-state index contributed by atoms with van der Waals surface area (Å²) in [5.41, 5.74) is 0. The van der Waals surface area contributed by atoms with E-state index in [9.17, 15) is 43.2 Å². The summed E-state index contributed by atoms with van der Waals surface area (Å²) in [6, 6.07) is 0. The lowest BCUT2D eigenvalue weighted by molar-refractivity contribution is -0.161. The van der Waals surface area contributed by atoms with E-state index < -0.39 is 97.5 Å². The molecule has 0 amide bonds. The zero-order valence-corrected chi connectivity index (χ0v) is 70.4. The Bertz CT molecular complexity index is 2750. The van der Waals surface area contributed by atoms with Gasteiger partial charge in [-0.3, -0.25) is 37.3 Å². The number of phosphoric ester groups is 2. The summed E-state index contributed by atoms with van der Waals surface area (Å²) < 4.78 is 68.5. The number of hydrogen-bond donors (Lipinski definition) is 3. The number of aliphatic hydroxyl groups excluding tert-OH is 1. The van der Waals surface area contributed by atoms with Crippen LogP contribution >= 0.6 is 15.6 Å². The molecule has 0 rings (SSSR count). The van der Waals surface area contributed by atoms with Gasteiger partial charge in [-0.05, 0) is 141 Å². The van der Waals surface area contributed by atoms with Gasteiger partial charge in [0.05, 0.1) is 26.4 Å². The van der Waals surface area contributed by atoms with Crippen molar-refractivity contribution in [3.8, 4) is 0 Å². The normalized spacial score (nSPS) is 14.6. The zero-order chi connectivity index (χ0) is 80.3. The Morgan fingerprint density at radius 2 is 0.473 bits per heavy atom. The van der Waals surface area contributed by atoms with Gasteiger partial charge in [0, 0.05) is 25.7 Å². The number of hydrogen-bond acceptors (Lipinski definition) is 15. The molecule has 0 spiro atoms. The number of aliphatic hydroxyl groups is 1. The van der Waals surface area contributed by atoms with E-state index in [2.05, 4.69) is 155 Å². The van der Waals surface area contributed by atoms with E-state index in [1.54, 1.807) is 0 Å². The Morgan fingerprint density at radius 3 is 0.782 bits per heavy atom. The third-order valence-corrected chi connectivity index (χ3v) is 19.1. The molecule has 0 bridgehead atoms. The first-order chi connectivity index (χ1) is 53.7. The molecule has 0 heterocycles. The minimum absolute atomic E-state index is 0.0320. The smallest absolute Gasteiger partial charge is 0.462 e. The predicted octanol–water partition coefficient (Wildman–Crippen LogP) is 25.3. The Morgan fingerprint density at radius 1 is 0.255 bits per heavy atom. The third kappa shape index (κ3) is 80.5. The molecular formula is C91H150O17P2. The van der Waals surface area contributed by atoms with Gasteiger partial charge in [-0.2, -0.15) is 0 Å². The van der Waals surface area contributed by atoms with Crippen LogP contribution in [0.5, 0.6) is 0 Å². The van der Waals surface area contributed by atoms with Crippen molar-refractivity contribution >= 4 is 39.5 Å². The van der Waals surface area contributed by atoms with Crippen molar-refractivity contribution in [2.75, 3.05) is 39.6 Å². The molecule has 110 heavy (non-hydrogen) atoms. The molecule has 0 saturated heterocycles. The molecule has 3 N–H and O–H groups in total. The molecule has 19 heteroatoms. The second-order valence-corrected chi connectivity index (χ2v) is 30.6. The molecule has 2 unspecified atom stereocenters. The summed E-state index contributed by atoms with van der Waals surface area (Å²) in [5, 5.41) is 10.7. The van der Waals surface area contributed by atoms with Crippen LogP contribution < -0.4 is 0 Å². The summed E-state index contributed by atoms with van der Waals surface area (Å²) in [7, 11) is -10.0. The van der Waals surface area contributed by atoms with Crippen LogP contribution in [-0.2, 0) is 65.4 Å². The van der Waals surface area contributed by atoms with Crippen LogP contribution in [0, 0.1) is 0 Å². The SMILES string of the molecule is CCCCC/C=C\C/C=C\C/C=C\C/C=C\C/C=C\CCC(=O)OC[C@H](COP(=O)(O)OC[C@@H](O)COP(=O)(O)OC[C@@H](COC(=O)CCC/C=C\C/C=C\C/C=C\C/C=C\CCCCC)OC(=O)CC/C=C\C/C=C\C/C=C\C/C=C\C/C=C\CCCCC)OC(=O)CCCCCCCCCCCCCCCCC. The highest BCUT2D eigenvalue weighted by Gasteiger charge is 2.30. The number of phosphoric acid groups is 2. The Balaban J connectivity index is 5.56. The maximum atomic E-state index is 13.1. The molecule has 0 aliphatic carbocycles. The van der Waals surface area contributed by atoms with Gasteiger partial charge in [-0.1, -0.05) is 326 Å². The molecule has 0 fully saturated rings. The van der Waals surface area contributed by atoms with Gasteiger partial charge in [0.15, 0.2) is 12.2 Å². The molecule has 0 radical (unpaired) electrons. The molecular weight excluding hydrogens is 1430 g/mol. The average Bonchev–Trinajstić information content (AvgIpc) is 0.882. The predicted molar refractivity (Wildman–Crippen MR) is 454 cm³/mol. The maximum absolute atomic E-state index is 13.1. The summed E-state index contributed by atoms with van der Waals surface area (Å²) in [5.74, 6) is -2.44. The quantitative estimate of drug-likeness (QED) is 0.0169. The first-order valence-corrected chi connectivity index (χ1v) is 45.4. The number of carbonyl (C=O) groups excluding carboxylic acids is 4. The van der Waals surface area contributed by atoms with Crippen LogP contribution in [0.4, 0.5) is 0 Å². The van der Waals surface area contributed by atoms with Gasteiger partial charge < -0.3 is 33.8 Å². The topological polar surface area (TPSA) is 237 Å². The summed E-state index contributed by atoms with van der Waals surface area (Å²) in [4.78, 5) is 73.1. The van der Waals surface area contributed by atoms with E-state index >= 15 is 0 Å². The van der Waals surface area contributed by atoms with Crippen LogP contribution in [-0.4, -0.2) is 96.7 Å². The van der Waals surface area contributed by atoms with Gasteiger partial charge in [-0.15, -0.1) is 0 Å². The van der Waals surface area contributed by atoms with Gasteiger partial charge in [0.25, 0.3) is 0 Å². The lowest BCUT2D eigenvalue weighted by Gasteiger charge is -2.21. The van der Waals surface area contributed by atoms with E-state index in [4.69, 9.17) is 37.0 Å². The first kappa shape index (κ1) is 104. The van der Waals surface area contributed by atoms with Crippen LogP contribution in [0.2, 0.25) is 0 Å². The average molecular weight is 1580 g/mol. The van der Waals surface area contributed by atoms with Crippen LogP contribution in [0.3, 0.4) is 0 Å². The number of allylic oxidation sites excluding steroid dienone is 28. The van der Waals surface area contributed by atoms with E-state index in [-0.39, 0.29) is 25.7 Å². The third-order valence-electron chi connectivity index (χ3n) is 17.2. The highest BCUT2D eigenvalue weighted by Crippen LogP contribution is 2.45. The van der Waals surface area contributed by atoms with Crippen molar-refractivity contribution in [3.63, 3.8) is 0 Å². The van der Waals surface area contributed by atoms with Gasteiger partial charge in [-0.25, -0.2) is 9.13 Å². The lowest BCUT2D eigenvalue weighted by Crippen LogP contribution is -2.30. The monoisotopic (exact) mass is 1580 g/mol. The molecule has 0 aliphatic heterocycles. The van der Waals surface area contributed by atoms with Crippen LogP contribution in [0.25, 0.3) is 0 Å². The zero-order valence-electron chi connectivity index (χ0n) is 68.6. The standard InChI is InChI=1S/C91H150O17P2/c1-5-9-13-17-21-25-29-33-37-40-42-45-49-52-56-60-64-68-72-76-89(94)102-81-86(107-90(95)77-73-69-65-61-57-53-47-36-32-28-24-20-16-12-8-4)83-105-109(97,98)103-79-85(92)80-104-110(99,100)106-84-87(82-101-88(93)75-71-67-63-59-55-51-48-44-39-35-31-27-23-19-15-11-7-3)108-91(96)78-74-70-66-62-58-54-50-46-43-41-38-34-30-26-22-18-14-10-6-2/h21-23,25-27,33-35,37-39,42-43,45-46,48,51-52,54,56,58-59,63-64,66,68,70,85-87,92H,5-20,24,28-32,36,40-41,44,47,49-50,53,55,57,60-62,65,67,69,71-84H2,1-4H3,(H,97,98)(H,99,100)/b25-21-,26-22-,27-23-,37-33-,38-34-,39-35-,45-42-,46-43-,51-48-,56-52-,58-54-,63-59-,68-64-,70-66-/t85-,86-,87-/m1/s1. The van der Waals surface area contributed by atoms with Crippen molar-refractivity contribution in [2.45, 2.75) is 341 Å². The van der Waals surface area contributed by atoms with Crippen molar-refractivity contribution < 1.29 is 80.2 Å². The highest BCUT2D eigenvalue weighted by molar-refractivity contribution is 7.47. The Hall–Kier alpha value is -5.58. The Kier molecular flexibility index (Phi) is 77.3. The van der Waals surface area contributed by atoms with Gasteiger partial charge >= 0.3 is 39.5 Å². The second kappa shape index (κ2) is 81.4. The summed E-state index contributed by atoms with van der Waals surface area (Å²) >= 11 is 0. The van der Waals surface area contributed by atoms with Crippen molar-refractivity contribution in [1.82, 2.24) is 0 Å². The minimum Gasteiger partial charge on any atom is -0.462 e. The van der Waals surface area contributed by atoms with Crippen molar-refractivity contribution in [1.29, 1.82) is 0 Å². The number of esters is 4. The largest absolute Gasteiger partial charge is 0.472 e. The molecule has 17 nitrogen and oxygen atoms in total. The van der Waals surface area contributed by atoms with E-state index in [1.165, 1.54) is 122 Å². The maximum Gasteiger partial charge on any atom is 0.472 e. The van der Waals surface area contributed by atoms with Crippen molar-refractivity contribution in [2.24, 2.45) is 0 Å². The Labute approximate surface area is 667 Å². The number of rotatable bonds is 78. The number of carbonyl (C=O) groups is 4. The summed E-state index contributed by atoms with van der Waals surface area (Å²) in [6.45, 7) is 4.57. The van der Waals surface area contributed by atoms with Crippen molar-refractivity contribution in [3.05, 3.63) is 170 Å². The van der Waals surface area contributed by atoms with Gasteiger partial charge in [0.1, 0.15) is 19.3 Å². The fourth-order valence-corrected chi connectivity index (χ4v) is 12.3. The van der Waals surface area contributed by atoms with E-state index in [0.717, 1.165) is 103 Å². The number of ether oxygens (including phenoxy) is 4. The fraction of sp³-hybridized carbons (Fsp3) is 0.648. The summed E-state index contributed by atoms with van der Waals surface area (Å²) in [6.07, 6.45) is 97.9. The van der Waals surface area contributed by atoms with E-state index in [1.807, 2.05) is 42.5 Å². The second-order valence-electron chi connectivity index (χ2n) is 27.7. The molecule has 0 aliphatic rings. The molecule has 0 aromatic heterocycles. The van der Waals surface area contributed by atoms with E-state index in [0.29, 0.717) is 44.9 Å². The molecule has 0 aromatic carbocycles. The molecule has 0 saturated carbocycles. The molecule has 626 valence electrons. The van der Waals surface area contributed by atoms with Crippen LogP contribution in [0.1, 0.15) is 323 Å². The van der Waals surface area contributed by atoms with Crippen LogP contribution in [0.15, 0.2) is 170 Å². The minimum atomic E-state index is -5.02. The first-order valence-electron chi connectivity index (χ1n) is 42.4. The number of unbranched alkanes of at least 4 members (excludes halogenated alkanes) is 24. The highest BCUT2D eigenvalue weighted by atomic mass is 31.2. The molecule has 5 atom stereocenters. The lowest BCUT2D eigenvalue weighted by atomic mass is 10.0. The fourth-order valence-electron chi connectivity index (χ4n) is 10.7. The van der Waals surface area contributed by atoms with Gasteiger partial charge in [0.2, 0.25) is 0 Å².